The average molecular weight is 237 g/mol. The Morgan fingerprint density at radius 1 is 1.24 bits per heavy atom. The number of carboxylic acids is 1. The Labute approximate surface area is 101 Å². The van der Waals surface area contributed by atoms with Gasteiger partial charge in [0.25, 0.3) is 5.56 Å². The summed E-state index contributed by atoms with van der Waals surface area (Å²) in [6, 6.07) is 2.66. The molecule has 4 heteroatoms. The molecular weight excluding hydrogens is 218 g/mol. The maximum Gasteiger partial charge on any atom is 0.337 e. The molecule has 0 fully saturated rings. The van der Waals surface area contributed by atoms with Crippen LogP contribution in [-0.4, -0.2) is 15.6 Å². The number of hydrogen-bond donors (Lipinski definition) is 1. The molecule has 0 radical (unpaired) electrons. The van der Waals surface area contributed by atoms with Crippen molar-refractivity contribution in [3.05, 3.63) is 34.2 Å². The lowest BCUT2D eigenvalue weighted by Crippen LogP contribution is -2.20. The average Bonchev–Trinajstić information content (AvgIpc) is 2.30. The Morgan fingerprint density at radius 3 is 2.59 bits per heavy atom. The number of carboxylic acid groups (broad SMARTS) is 1. The molecule has 0 aliphatic heterocycles. The second-order valence-electron chi connectivity index (χ2n) is 4.17. The second-order valence-corrected chi connectivity index (χ2v) is 4.17. The van der Waals surface area contributed by atoms with Crippen molar-refractivity contribution in [3.8, 4) is 0 Å². The van der Waals surface area contributed by atoms with Gasteiger partial charge in [-0.1, -0.05) is 32.6 Å². The Morgan fingerprint density at radius 2 is 1.94 bits per heavy atom. The molecule has 1 heterocycles. The summed E-state index contributed by atoms with van der Waals surface area (Å²) in [6.07, 6.45) is 6.99. The first-order chi connectivity index (χ1) is 8.15. The fourth-order valence-corrected chi connectivity index (χ4v) is 1.72. The molecule has 0 amide bonds. The molecular formula is C13H19NO3. The predicted octanol–water partition coefficient (Wildman–Crippen LogP) is 2.52. The second kappa shape index (κ2) is 6.89. The minimum atomic E-state index is -0.996. The van der Waals surface area contributed by atoms with Crippen molar-refractivity contribution in [2.75, 3.05) is 0 Å². The van der Waals surface area contributed by atoms with Crippen molar-refractivity contribution >= 4 is 5.97 Å². The zero-order valence-electron chi connectivity index (χ0n) is 10.2. The zero-order valence-corrected chi connectivity index (χ0v) is 10.2. The normalized spacial score (nSPS) is 10.4. The highest BCUT2D eigenvalue weighted by atomic mass is 16.4. The summed E-state index contributed by atoms with van der Waals surface area (Å²) in [5, 5.41) is 8.83. The third-order valence-electron chi connectivity index (χ3n) is 2.73. The molecule has 0 aliphatic rings. The van der Waals surface area contributed by atoms with Gasteiger partial charge in [0.2, 0.25) is 0 Å². The maximum absolute atomic E-state index is 11.5. The van der Waals surface area contributed by atoms with E-state index >= 15 is 0 Å². The van der Waals surface area contributed by atoms with E-state index in [1.807, 2.05) is 0 Å². The number of aromatic nitrogens is 1. The van der Waals surface area contributed by atoms with Crippen LogP contribution < -0.4 is 5.56 Å². The number of rotatable bonds is 7. The van der Waals surface area contributed by atoms with Crippen LogP contribution >= 0.6 is 0 Å². The van der Waals surface area contributed by atoms with Gasteiger partial charge in [-0.3, -0.25) is 4.79 Å². The van der Waals surface area contributed by atoms with Gasteiger partial charge in [-0.25, -0.2) is 4.79 Å². The Hall–Kier alpha value is -1.58. The Kier molecular flexibility index (Phi) is 5.46. The summed E-state index contributed by atoms with van der Waals surface area (Å²) in [5.41, 5.74) is 0.0312. The molecule has 0 saturated heterocycles. The van der Waals surface area contributed by atoms with Crippen molar-refractivity contribution < 1.29 is 9.90 Å². The molecule has 0 unspecified atom stereocenters. The quantitative estimate of drug-likeness (QED) is 0.741. The first-order valence-corrected chi connectivity index (χ1v) is 6.09. The van der Waals surface area contributed by atoms with E-state index in [4.69, 9.17) is 5.11 Å². The van der Waals surface area contributed by atoms with Gasteiger partial charge in [-0.15, -0.1) is 0 Å². The van der Waals surface area contributed by atoms with Gasteiger partial charge in [0.05, 0.1) is 5.56 Å². The molecule has 94 valence electrons. The topological polar surface area (TPSA) is 59.3 Å². The van der Waals surface area contributed by atoms with Crippen LogP contribution in [-0.2, 0) is 6.54 Å². The minimum absolute atomic E-state index is 0.134. The van der Waals surface area contributed by atoms with Crippen LogP contribution in [0.1, 0.15) is 49.4 Å². The number of nitrogens with zero attached hydrogens (tertiary/aromatic N) is 1. The highest BCUT2D eigenvalue weighted by Crippen LogP contribution is 2.04. The summed E-state index contributed by atoms with van der Waals surface area (Å²) in [6.45, 7) is 2.75. The molecule has 0 aromatic carbocycles. The number of aryl methyl sites for hydroxylation is 1. The van der Waals surface area contributed by atoms with Crippen molar-refractivity contribution in [3.63, 3.8) is 0 Å². The molecule has 1 aromatic heterocycles. The van der Waals surface area contributed by atoms with Crippen LogP contribution in [0.25, 0.3) is 0 Å². The number of unbranched alkanes of at least 4 members (excludes halogenated alkanes) is 4. The zero-order chi connectivity index (χ0) is 12.7. The molecule has 0 bridgehead atoms. The molecule has 1 N–H and O–H groups in total. The van der Waals surface area contributed by atoms with Crippen molar-refractivity contribution in [2.24, 2.45) is 0 Å². The molecule has 0 saturated carbocycles. The van der Waals surface area contributed by atoms with Gasteiger partial charge >= 0.3 is 5.97 Å². The number of aromatic carboxylic acids is 1. The Balaban J connectivity index is 2.55. The molecule has 4 nitrogen and oxygen atoms in total. The standard InChI is InChI=1S/C13H19NO3/c1-2-3-4-5-6-9-14-10-11(13(16)17)7-8-12(14)15/h7-8,10H,2-6,9H2,1H3,(H,16,17). The summed E-state index contributed by atoms with van der Waals surface area (Å²) < 4.78 is 1.48. The largest absolute Gasteiger partial charge is 0.478 e. The van der Waals surface area contributed by atoms with Gasteiger partial charge in [-0.05, 0) is 12.5 Å². The lowest BCUT2D eigenvalue weighted by molar-refractivity contribution is 0.0696. The highest BCUT2D eigenvalue weighted by Gasteiger charge is 2.04. The van der Waals surface area contributed by atoms with Crippen LogP contribution in [0.5, 0.6) is 0 Å². The molecule has 0 atom stereocenters. The predicted molar refractivity (Wildman–Crippen MR) is 66.4 cm³/mol. The first kappa shape index (κ1) is 13.5. The molecule has 1 rings (SSSR count). The third-order valence-corrected chi connectivity index (χ3v) is 2.73. The van der Waals surface area contributed by atoms with E-state index in [1.54, 1.807) is 0 Å². The lowest BCUT2D eigenvalue weighted by Gasteiger charge is -2.06. The van der Waals surface area contributed by atoms with Crippen molar-refractivity contribution in [2.45, 2.75) is 45.6 Å². The van der Waals surface area contributed by atoms with E-state index in [-0.39, 0.29) is 11.1 Å². The van der Waals surface area contributed by atoms with Crippen LogP contribution in [0.4, 0.5) is 0 Å². The monoisotopic (exact) mass is 237 g/mol. The number of carbonyl (C=O) groups is 1. The molecule has 17 heavy (non-hydrogen) atoms. The van der Waals surface area contributed by atoms with Gasteiger partial charge in [-0.2, -0.15) is 0 Å². The van der Waals surface area contributed by atoms with Gasteiger partial charge < -0.3 is 9.67 Å². The van der Waals surface area contributed by atoms with Crippen molar-refractivity contribution in [1.29, 1.82) is 0 Å². The van der Waals surface area contributed by atoms with Crippen LogP contribution in [0.2, 0.25) is 0 Å². The van der Waals surface area contributed by atoms with Gasteiger partial charge in [0.1, 0.15) is 0 Å². The smallest absolute Gasteiger partial charge is 0.337 e. The highest BCUT2D eigenvalue weighted by molar-refractivity contribution is 5.87. The third kappa shape index (κ3) is 4.43. The molecule has 1 aromatic rings. The lowest BCUT2D eigenvalue weighted by atomic mass is 10.1. The minimum Gasteiger partial charge on any atom is -0.478 e. The van der Waals surface area contributed by atoms with E-state index in [2.05, 4.69) is 6.92 Å². The fourth-order valence-electron chi connectivity index (χ4n) is 1.72. The fraction of sp³-hybridized carbons (Fsp3) is 0.538. The van der Waals surface area contributed by atoms with E-state index in [0.29, 0.717) is 6.54 Å². The van der Waals surface area contributed by atoms with E-state index in [9.17, 15) is 9.59 Å². The van der Waals surface area contributed by atoms with Crippen LogP contribution in [0, 0.1) is 0 Å². The van der Waals surface area contributed by atoms with E-state index in [0.717, 1.165) is 12.8 Å². The molecule has 0 spiro atoms. The van der Waals surface area contributed by atoms with Gasteiger partial charge in [0, 0.05) is 18.8 Å². The summed E-state index contributed by atoms with van der Waals surface area (Å²) in [4.78, 5) is 22.2. The van der Waals surface area contributed by atoms with E-state index < -0.39 is 5.97 Å². The number of pyridine rings is 1. The van der Waals surface area contributed by atoms with Crippen molar-refractivity contribution in [1.82, 2.24) is 4.57 Å². The SMILES string of the molecule is CCCCCCCn1cc(C(=O)O)ccc1=O. The first-order valence-electron chi connectivity index (χ1n) is 6.09. The van der Waals surface area contributed by atoms with Crippen LogP contribution in [0.15, 0.2) is 23.1 Å². The Bertz CT molecular complexity index is 423. The summed E-state index contributed by atoms with van der Waals surface area (Å²) >= 11 is 0. The van der Waals surface area contributed by atoms with E-state index in [1.165, 1.54) is 42.2 Å². The molecule has 0 aliphatic carbocycles. The number of hydrogen-bond acceptors (Lipinski definition) is 2. The summed E-state index contributed by atoms with van der Waals surface area (Å²) in [7, 11) is 0. The van der Waals surface area contributed by atoms with Gasteiger partial charge in [0.15, 0.2) is 0 Å². The summed E-state index contributed by atoms with van der Waals surface area (Å²) in [5.74, 6) is -0.996. The van der Waals surface area contributed by atoms with Crippen LogP contribution in [0.3, 0.4) is 0 Å². The maximum atomic E-state index is 11.5.